The van der Waals surface area contributed by atoms with E-state index in [-0.39, 0.29) is 25.4 Å². The van der Waals surface area contributed by atoms with Crippen molar-refractivity contribution in [1.29, 1.82) is 0 Å². The molecule has 2 aliphatic heterocycles. The number of allylic oxidation sites excluding steroid dienone is 1. The zero-order valence-corrected chi connectivity index (χ0v) is 14.8. The Balaban J connectivity index is 2.59. The molecule has 2 saturated heterocycles. The molecule has 0 aromatic rings. The summed E-state index contributed by atoms with van der Waals surface area (Å²) in [4.78, 5) is 38.0. The van der Waals surface area contributed by atoms with Crippen LogP contribution in [0.15, 0.2) is 11.6 Å². The standard InChI is InChI=1S/C18H26O6/c1-5-8-9-12-14(15(20)22-6-2)17(4)11-10-13(19)18(12,24-17)16(21)23-7-3/h9,14H,5-8,10-11H2,1-4H3/b12-9+/t14-,17+,18+/m1/s1. The number of carbonyl (C=O) groups excluding carboxylic acids is 3. The van der Waals surface area contributed by atoms with Crippen LogP contribution in [0.5, 0.6) is 0 Å². The first kappa shape index (κ1) is 18.6. The minimum Gasteiger partial charge on any atom is -0.465 e. The van der Waals surface area contributed by atoms with Crippen molar-refractivity contribution in [2.75, 3.05) is 13.2 Å². The summed E-state index contributed by atoms with van der Waals surface area (Å²) in [6.45, 7) is 7.52. The number of hydrogen-bond acceptors (Lipinski definition) is 6. The topological polar surface area (TPSA) is 78.9 Å². The lowest BCUT2D eigenvalue weighted by molar-refractivity contribution is -0.191. The van der Waals surface area contributed by atoms with Gasteiger partial charge in [0.15, 0.2) is 5.78 Å². The molecule has 2 rings (SSSR count). The van der Waals surface area contributed by atoms with Crippen LogP contribution in [0.3, 0.4) is 0 Å². The highest BCUT2D eigenvalue weighted by Gasteiger charge is 2.70. The first-order chi connectivity index (χ1) is 11.4. The van der Waals surface area contributed by atoms with Crippen LogP contribution in [0.1, 0.15) is 53.4 Å². The number of hydrogen-bond donors (Lipinski definition) is 0. The van der Waals surface area contributed by atoms with E-state index in [1.807, 2.05) is 6.92 Å². The Morgan fingerprint density at radius 2 is 1.92 bits per heavy atom. The van der Waals surface area contributed by atoms with Gasteiger partial charge in [0, 0.05) is 6.42 Å². The van der Waals surface area contributed by atoms with Crippen molar-refractivity contribution in [3.05, 3.63) is 11.6 Å². The molecule has 0 spiro atoms. The van der Waals surface area contributed by atoms with Crippen molar-refractivity contribution in [1.82, 2.24) is 0 Å². The molecule has 0 N–H and O–H groups in total. The summed E-state index contributed by atoms with van der Waals surface area (Å²) >= 11 is 0. The molecule has 2 aliphatic rings. The third-order valence-corrected chi connectivity index (χ3v) is 4.69. The smallest absolute Gasteiger partial charge is 0.350 e. The molecule has 24 heavy (non-hydrogen) atoms. The van der Waals surface area contributed by atoms with E-state index in [9.17, 15) is 14.4 Å². The fourth-order valence-electron chi connectivity index (χ4n) is 3.62. The molecule has 0 aromatic heterocycles. The average Bonchev–Trinajstić information content (AvgIpc) is 2.76. The summed E-state index contributed by atoms with van der Waals surface area (Å²) < 4.78 is 16.3. The minimum atomic E-state index is -1.80. The average molecular weight is 338 g/mol. The Morgan fingerprint density at radius 1 is 1.25 bits per heavy atom. The quantitative estimate of drug-likeness (QED) is 0.420. The molecular formula is C18H26O6. The Morgan fingerprint density at radius 3 is 2.50 bits per heavy atom. The molecule has 2 heterocycles. The molecule has 134 valence electrons. The Labute approximate surface area is 142 Å². The van der Waals surface area contributed by atoms with Crippen LogP contribution in [-0.4, -0.2) is 42.1 Å². The van der Waals surface area contributed by atoms with Gasteiger partial charge in [-0.1, -0.05) is 19.4 Å². The van der Waals surface area contributed by atoms with Gasteiger partial charge in [-0.05, 0) is 39.2 Å². The minimum absolute atomic E-state index is 0.138. The summed E-state index contributed by atoms with van der Waals surface area (Å²) in [5.41, 5.74) is -2.34. The first-order valence-corrected chi connectivity index (χ1v) is 8.65. The fraction of sp³-hybridized carbons (Fsp3) is 0.722. The van der Waals surface area contributed by atoms with Crippen LogP contribution in [0.25, 0.3) is 0 Å². The maximum absolute atomic E-state index is 12.7. The van der Waals surface area contributed by atoms with Crippen LogP contribution in [0.4, 0.5) is 0 Å². The van der Waals surface area contributed by atoms with Crippen molar-refractivity contribution >= 4 is 17.7 Å². The van der Waals surface area contributed by atoms with Crippen molar-refractivity contribution in [2.24, 2.45) is 5.92 Å². The number of ether oxygens (including phenoxy) is 3. The zero-order valence-electron chi connectivity index (χ0n) is 14.8. The summed E-state index contributed by atoms with van der Waals surface area (Å²) in [5.74, 6) is -2.29. The molecule has 0 radical (unpaired) electrons. The normalized spacial score (nSPS) is 33.6. The van der Waals surface area contributed by atoms with Crippen LogP contribution in [0, 0.1) is 5.92 Å². The van der Waals surface area contributed by atoms with Gasteiger partial charge in [0.1, 0.15) is 5.92 Å². The van der Waals surface area contributed by atoms with Gasteiger partial charge in [0.05, 0.1) is 18.8 Å². The Kier molecular flexibility index (Phi) is 5.48. The van der Waals surface area contributed by atoms with Gasteiger partial charge < -0.3 is 14.2 Å². The summed E-state index contributed by atoms with van der Waals surface area (Å²) in [5, 5.41) is 0. The van der Waals surface area contributed by atoms with E-state index >= 15 is 0 Å². The van der Waals surface area contributed by atoms with Gasteiger partial charge >= 0.3 is 11.9 Å². The number of ketones is 1. The van der Waals surface area contributed by atoms with Gasteiger partial charge in [0.25, 0.3) is 0 Å². The summed E-state index contributed by atoms with van der Waals surface area (Å²) in [7, 11) is 0. The Hall–Kier alpha value is -1.69. The fourth-order valence-corrected chi connectivity index (χ4v) is 3.62. The van der Waals surface area contributed by atoms with E-state index in [0.29, 0.717) is 18.4 Å². The first-order valence-electron chi connectivity index (χ1n) is 8.65. The summed E-state index contributed by atoms with van der Waals surface area (Å²) in [6.07, 6.45) is 3.80. The summed E-state index contributed by atoms with van der Waals surface area (Å²) in [6, 6.07) is 0. The molecule has 0 amide bonds. The van der Waals surface area contributed by atoms with Crippen molar-refractivity contribution in [2.45, 2.75) is 64.6 Å². The molecule has 0 aliphatic carbocycles. The van der Waals surface area contributed by atoms with Crippen LogP contribution in [-0.2, 0) is 28.6 Å². The SMILES string of the molecule is CCC/C=C1\[C@H](C(=O)OCC)[C@]2(C)CCC(=O)[C@@]1(C(=O)OCC)O2. The van der Waals surface area contributed by atoms with E-state index in [1.165, 1.54) is 0 Å². The van der Waals surface area contributed by atoms with Gasteiger partial charge in [-0.3, -0.25) is 9.59 Å². The molecule has 6 heteroatoms. The Bertz CT molecular complexity index is 566. The molecule has 0 aromatic carbocycles. The highest BCUT2D eigenvalue weighted by molar-refractivity contribution is 6.13. The van der Waals surface area contributed by atoms with Gasteiger partial charge in [-0.2, -0.15) is 0 Å². The van der Waals surface area contributed by atoms with Crippen LogP contribution in [0.2, 0.25) is 0 Å². The number of fused-ring (bicyclic) bond motifs is 2. The van der Waals surface area contributed by atoms with E-state index in [0.717, 1.165) is 6.42 Å². The number of esters is 2. The molecule has 2 bridgehead atoms. The maximum Gasteiger partial charge on any atom is 0.350 e. The number of carbonyl (C=O) groups is 3. The molecule has 0 unspecified atom stereocenters. The highest BCUT2D eigenvalue weighted by Crippen LogP contribution is 2.54. The van der Waals surface area contributed by atoms with Crippen molar-refractivity contribution in [3.8, 4) is 0 Å². The van der Waals surface area contributed by atoms with Gasteiger partial charge in [0.2, 0.25) is 5.60 Å². The second-order valence-corrected chi connectivity index (χ2v) is 6.37. The molecule has 0 saturated carbocycles. The third kappa shape index (κ3) is 2.77. The number of rotatable bonds is 6. The maximum atomic E-state index is 12.7. The predicted molar refractivity (Wildman–Crippen MR) is 86.2 cm³/mol. The largest absolute Gasteiger partial charge is 0.465 e. The lowest BCUT2D eigenvalue weighted by Gasteiger charge is -2.35. The highest BCUT2D eigenvalue weighted by atomic mass is 16.6. The van der Waals surface area contributed by atoms with E-state index < -0.39 is 29.1 Å². The van der Waals surface area contributed by atoms with E-state index in [1.54, 1.807) is 26.8 Å². The monoisotopic (exact) mass is 338 g/mol. The molecule has 6 nitrogen and oxygen atoms in total. The zero-order chi connectivity index (χ0) is 18.0. The van der Waals surface area contributed by atoms with E-state index in [4.69, 9.17) is 14.2 Å². The molecule has 2 fully saturated rings. The predicted octanol–water partition coefficient (Wildman–Crippen LogP) is 2.35. The van der Waals surface area contributed by atoms with Crippen LogP contribution >= 0.6 is 0 Å². The second-order valence-electron chi connectivity index (χ2n) is 6.37. The van der Waals surface area contributed by atoms with Crippen molar-refractivity contribution < 1.29 is 28.6 Å². The van der Waals surface area contributed by atoms with E-state index in [2.05, 4.69) is 0 Å². The molecular weight excluding hydrogens is 312 g/mol. The van der Waals surface area contributed by atoms with Crippen LogP contribution < -0.4 is 0 Å². The van der Waals surface area contributed by atoms with Gasteiger partial charge in [-0.15, -0.1) is 0 Å². The number of Topliss-reactive ketones (excluding diaryl/α,β-unsaturated/α-hetero) is 1. The van der Waals surface area contributed by atoms with Crippen molar-refractivity contribution in [3.63, 3.8) is 0 Å². The second kappa shape index (κ2) is 7.05. The third-order valence-electron chi connectivity index (χ3n) is 4.69. The number of unbranched alkanes of at least 4 members (excludes halogenated alkanes) is 1. The lowest BCUT2D eigenvalue weighted by atomic mass is 9.80. The molecule has 3 atom stereocenters. The lowest BCUT2D eigenvalue weighted by Crippen LogP contribution is -2.53. The van der Waals surface area contributed by atoms with Gasteiger partial charge in [-0.25, -0.2) is 4.79 Å².